The lowest BCUT2D eigenvalue weighted by molar-refractivity contribution is -0.190. The number of likely N-dealkylation sites (N-methyl/N-ethyl adjacent to an activating group) is 1. The molecule has 0 bridgehead atoms. The molecule has 2 atom stereocenters. The van der Waals surface area contributed by atoms with Gasteiger partial charge in [0.2, 0.25) is 5.91 Å². The van der Waals surface area contributed by atoms with Gasteiger partial charge in [0.15, 0.2) is 6.29 Å². The van der Waals surface area contributed by atoms with Crippen molar-refractivity contribution in [3.63, 3.8) is 0 Å². The van der Waals surface area contributed by atoms with E-state index in [9.17, 15) is 4.79 Å². The first-order valence-electron chi connectivity index (χ1n) is 8.73. The van der Waals surface area contributed by atoms with Crippen molar-refractivity contribution in [2.75, 3.05) is 39.9 Å². The van der Waals surface area contributed by atoms with Gasteiger partial charge in [-0.15, -0.1) is 0 Å². The predicted molar refractivity (Wildman–Crippen MR) is 86.6 cm³/mol. The average Bonchev–Trinajstić information content (AvgIpc) is 2.86. The van der Waals surface area contributed by atoms with Crippen LogP contribution in [-0.4, -0.2) is 67.4 Å². The molecule has 0 spiro atoms. The Bertz CT molecular complexity index is 375. The van der Waals surface area contributed by atoms with E-state index in [1.165, 1.54) is 0 Å². The van der Waals surface area contributed by atoms with E-state index in [1.54, 1.807) is 0 Å². The number of nitrogens with zero attached hydrogens (tertiary/aromatic N) is 2. The summed E-state index contributed by atoms with van der Waals surface area (Å²) in [5.74, 6) is 0.785. The molecule has 2 fully saturated rings. The maximum absolute atomic E-state index is 13.3. The lowest BCUT2D eigenvalue weighted by Crippen LogP contribution is -2.59. The van der Waals surface area contributed by atoms with Crippen LogP contribution >= 0.6 is 0 Å². The lowest BCUT2D eigenvalue weighted by atomic mass is 9.85. The van der Waals surface area contributed by atoms with E-state index >= 15 is 0 Å². The van der Waals surface area contributed by atoms with Gasteiger partial charge in [-0.05, 0) is 45.2 Å². The van der Waals surface area contributed by atoms with Crippen LogP contribution in [0.3, 0.4) is 0 Å². The number of carbonyl (C=O) groups is 1. The van der Waals surface area contributed by atoms with Gasteiger partial charge in [0.1, 0.15) is 5.54 Å². The highest BCUT2D eigenvalue weighted by Gasteiger charge is 2.48. The topological polar surface area (TPSA) is 42.0 Å². The normalized spacial score (nSPS) is 30.2. The minimum Gasteiger partial charge on any atom is -0.351 e. The molecule has 5 nitrogen and oxygen atoms in total. The second kappa shape index (κ2) is 7.75. The fraction of sp³-hybridized carbons (Fsp3) is 0.941. The van der Waals surface area contributed by atoms with Crippen molar-refractivity contribution >= 4 is 5.91 Å². The largest absolute Gasteiger partial charge is 0.351 e. The van der Waals surface area contributed by atoms with Gasteiger partial charge in [0, 0.05) is 13.2 Å². The summed E-state index contributed by atoms with van der Waals surface area (Å²) in [5, 5.41) is 0. The number of hydrogen-bond acceptors (Lipinski definition) is 4. The quantitative estimate of drug-likeness (QED) is 0.753. The first kappa shape index (κ1) is 17.7. The molecule has 0 saturated carbocycles. The van der Waals surface area contributed by atoms with E-state index in [1.807, 2.05) is 4.90 Å². The first-order valence-corrected chi connectivity index (χ1v) is 8.73. The standard InChI is InChI=1S/C17H32N2O3/c1-5-10-21-15-13-19(9-11-22-15)16(20)17(12-14(2)3)7-6-8-18(17)4/h14-15H,5-13H2,1-4H3. The molecule has 22 heavy (non-hydrogen) atoms. The molecule has 0 aliphatic carbocycles. The zero-order valence-corrected chi connectivity index (χ0v) is 14.6. The maximum Gasteiger partial charge on any atom is 0.243 e. The fourth-order valence-corrected chi connectivity index (χ4v) is 3.75. The monoisotopic (exact) mass is 312 g/mol. The smallest absolute Gasteiger partial charge is 0.243 e. The molecule has 2 aliphatic rings. The molecule has 0 radical (unpaired) electrons. The first-order chi connectivity index (χ1) is 10.5. The van der Waals surface area contributed by atoms with E-state index in [2.05, 4.69) is 32.7 Å². The van der Waals surface area contributed by atoms with Gasteiger partial charge in [0.05, 0.1) is 13.2 Å². The van der Waals surface area contributed by atoms with Crippen LogP contribution in [0.15, 0.2) is 0 Å². The van der Waals surface area contributed by atoms with Gasteiger partial charge in [-0.2, -0.15) is 0 Å². The number of likely N-dealkylation sites (tertiary alicyclic amines) is 1. The highest BCUT2D eigenvalue weighted by Crippen LogP contribution is 2.36. The number of hydrogen-bond donors (Lipinski definition) is 0. The fourth-order valence-electron chi connectivity index (χ4n) is 3.75. The van der Waals surface area contributed by atoms with Crippen molar-refractivity contribution in [1.29, 1.82) is 0 Å². The van der Waals surface area contributed by atoms with Gasteiger partial charge >= 0.3 is 0 Å². The van der Waals surface area contributed by atoms with Gasteiger partial charge in [-0.3, -0.25) is 9.69 Å². The third-order valence-corrected chi connectivity index (χ3v) is 4.79. The van der Waals surface area contributed by atoms with Crippen LogP contribution in [0.2, 0.25) is 0 Å². The third kappa shape index (κ3) is 3.81. The van der Waals surface area contributed by atoms with Crippen LogP contribution in [-0.2, 0) is 14.3 Å². The van der Waals surface area contributed by atoms with E-state index < -0.39 is 0 Å². The third-order valence-electron chi connectivity index (χ3n) is 4.79. The Labute approximate surface area is 134 Å². The lowest BCUT2D eigenvalue weighted by Gasteiger charge is -2.42. The number of ether oxygens (including phenoxy) is 2. The molecule has 0 N–H and O–H groups in total. The highest BCUT2D eigenvalue weighted by molar-refractivity contribution is 5.87. The van der Waals surface area contributed by atoms with Gasteiger partial charge in [-0.25, -0.2) is 0 Å². The number of amides is 1. The zero-order valence-electron chi connectivity index (χ0n) is 14.6. The minimum atomic E-state index is -0.319. The van der Waals surface area contributed by atoms with Crippen LogP contribution < -0.4 is 0 Å². The van der Waals surface area contributed by atoms with Crippen LogP contribution in [0, 0.1) is 5.92 Å². The van der Waals surface area contributed by atoms with E-state index in [0.29, 0.717) is 32.2 Å². The summed E-state index contributed by atoms with van der Waals surface area (Å²) >= 11 is 0. The van der Waals surface area contributed by atoms with Gasteiger partial charge in [0.25, 0.3) is 0 Å². The van der Waals surface area contributed by atoms with Gasteiger partial charge < -0.3 is 14.4 Å². The number of morpholine rings is 1. The van der Waals surface area contributed by atoms with Crippen LogP contribution in [0.1, 0.15) is 46.5 Å². The van der Waals surface area contributed by atoms with Crippen molar-refractivity contribution in [1.82, 2.24) is 9.80 Å². The molecular weight excluding hydrogens is 280 g/mol. The Morgan fingerprint density at radius 3 is 2.77 bits per heavy atom. The molecule has 128 valence electrons. The second-order valence-electron chi connectivity index (χ2n) is 7.08. The summed E-state index contributed by atoms with van der Waals surface area (Å²) in [5.41, 5.74) is -0.319. The van der Waals surface area contributed by atoms with E-state index in [-0.39, 0.29) is 17.7 Å². The zero-order chi connectivity index (χ0) is 16.2. The Morgan fingerprint density at radius 2 is 2.18 bits per heavy atom. The van der Waals surface area contributed by atoms with Crippen LogP contribution in [0.25, 0.3) is 0 Å². The van der Waals surface area contributed by atoms with Gasteiger partial charge in [-0.1, -0.05) is 20.8 Å². The van der Waals surface area contributed by atoms with Crippen LogP contribution in [0.5, 0.6) is 0 Å². The van der Waals surface area contributed by atoms with Crippen LogP contribution in [0.4, 0.5) is 0 Å². The Hall–Kier alpha value is -0.650. The van der Waals surface area contributed by atoms with E-state index in [4.69, 9.17) is 9.47 Å². The Kier molecular flexibility index (Phi) is 6.24. The summed E-state index contributed by atoms with van der Waals surface area (Å²) in [6, 6.07) is 0. The summed E-state index contributed by atoms with van der Waals surface area (Å²) in [6.45, 7) is 9.99. The molecule has 0 aromatic rings. The van der Waals surface area contributed by atoms with Crippen molar-refractivity contribution in [3.05, 3.63) is 0 Å². The SMILES string of the molecule is CCCOC1CN(C(=O)C2(CC(C)C)CCCN2C)CCO1. The molecule has 2 rings (SSSR count). The maximum atomic E-state index is 13.3. The summed E-state index contributed by atoms with van der Waals surface area (Å²) in [4.78, 5) is 17.5. The molecule has 2 heterocycles. The molecular formula is C17H32N2O3. The molecule has 2 unspecified atom stereocenters. The molecule has 1 amide bonds. The highest BCUT2D eigenvalue weighted by atomic mass is 16.7. The molecule has 2 saturated heterocycles. The molecule has 0 aromatic carbocycles. The minimum absolute atomic E-state index is 0.263. The predicted octanol–water partition coefficient (Wildman–Crippen LogP) is 2.11. The summed E-state index contributed by atoms with van der Waals surface area (Å²) < 4.78 is 11.3. The van der Waals surface area contributed by atoms with Crippen molar-refractivity contribution in [3.8, 4) is 0 Å². The molecule has 2 aliphatic heterocycles. The number of carbonyl (C=O) groups excluding carboxylic acids is 1. The van der Waals surface area contributed by atoms with Crippen molar-refractivity contribution < 1.29 is 14.3 Å². The molecule has 5 heteroatoms. The van der Waals surface area contributed by atoms with Crippen molar-refractivity contribution in [2.24, 2.45) is 5.92 Å². The Balaban J connectivity index is 2.06. The van der Waals surface area contributed by atoms with E-state index in [0.717, 1.165) is 32.2 Å². The second-order valence-corrected chi connectivity index (χ2v) is 7.08. The van der Waals surface area contributed by atoms with Crippen molar-refractivity contribution in [2.45, 2.75) is 58.3 Å². The summed E-state index contributed by atoms with van der Waals surface area (Å²) in [6.07, 6.45) is 3.71. The molecule has 0 aromatic heterocycles. The summed E-state index contributed by atoms with van der Waals surface area (Å²) in [7, 11) is 2.10. The average molecular weight is 312 g/mol. The Morgan fingerprint density at radius 1 is 1.41 bits per heavy atom. The number of rotatable bonds is 6.